The first-order chi connectivity index (χ1) is 15.0. The normalized spacial score (nSPS) is 17.0. The largest absolute Gasteiger partial charge is 0.413 e. The second kappa shape index (κ2) is 12.1. The molecule has 190 valence electrons. The Morgan fingerprint density at radius 3 is 1.97 bits per heavy atom. The van der Waals surface area contributed by atoms with E-state index in [1.54, 1.807) is 0 Å². The van der Waals surface area contributed by atoms with E-state index in [4.69, 9.17) is 13.9 Å². The van der Waals surface area contributed by atoms with Crippen LogP contribution in [0.2, 0.25) is 18.1 Å². The molecule has 0 heterocycles. The molecule has 0 aliphatic carbocycles. The average Bonchev–Trinajstić information content (AvgIpc) is 2.70. The van der Waals surface area contributed by atoms with Gasteiger partial charge in [0.15, 0.2) is 8.32 Å². The van der Waals surface area contributed by atoms with Crippen LogP contribution in [0.3, 0.4) is 0 Å². The van der Waals surface area contributed by atoms with Crippen molar-refractivity contribution in [1.82, 2.24) is 0 Å². The zero-order valence-corrected chi connectivity index (χ0v) is 24.3. The molecular formula is C28H50O4Si. The summed E-state index contributed by atoms with van der Waals surface area (Å²) in [6.45, 7) is 26.5. The minimum absolute atomic E-state index is 0.0577. The van der Waals surface area contributed by atoms with Crippen LogP contribution in [0, 0.1) is 17.3 Å². The minimum Gasteiger partial charge on any atom is -0.413 e. The SMILES string of the molecule is CC(C)OC(C)C(C)(C)C(=O)[C@H](C)[C@@H](O[Si](C)(C)C(C)(C)C)[C@@H](C)COCc1ccccc1. The van der Waals surface area contributed by atoms with Crippen LogP contribution in [0.4, 0.5) is 0 Å². The summed E-state index contributed by atoms with van der Waals surface area (Å²) < 4.78 is 19.0. The maximum atomic E-state index is 13.8. The van der Waals surface area contributed by atoms with Crippen molar-refractivity contribution in [2.45, 2.75) is 112 Å². The third-order valence-corrected chi connectivity index (χ3v) is 11.8. The Morgan fingerprint density at radius 1 is 0.939 bits per heavy atom. The Labute approximate surface area is 204 Å². The topological polar surface area (TPSA) is 44.8 Å². The Morgan fingerprint density at radius 2 is 1.48 bits per heavy atom. The van der Waals surface area contributed by atoms with E-state index in [9.17, 15) is 4.79 Å². The summed E-state index contributed by atoms with van der Waals surface area (Å²) in [5, 5.41) is 0.0577. The molecule has 0 aromatic heterocycles. The van der Waals surface area contributed by atoms with E-state index in [2.05, 4.69) is 52.9 Å². The summed E-state index contributed by atoms with van der Waals surface area (Å²) in [6.07, 6.45) is -0.308. The minimum atomic E-state index is -2.09. The van der Waals surface area contributed by atoms with Crippen molar-refractivity contribution in [2.24, 2.45) is 17.3 Å². The van der Waals surface area contributed by atoms with Crippen LogP contribution in [-0.4, -0.2) is 39.0 Å². The van der Waals surface area contributed by atoms with Crippen molar-refractivity contribution in [1.29, 1.82) is 0 Å². The summed E-state index contributed by atoms with van der Waals surface area (Å²) >= 11 is 0. The quantitative estimate of drug-likeness (QED) is 0.280. The van der Waals surface area contributed by atoms with Crippen LogP contribution in [0.25, 0.3) is 0 Å². The van der Waals surface area contributed by atoms with E-state index in [-0.39, 0.29) is 41.0 Å². The van der Waals surface area contributed by atoms with Crippen LogP contribution in [0.5, 0.6) is 0 Å². The van der Waals surface area contributed by atoms with Gasteiger partial charge >= 0.3 is 0 Å². The molecule has 1 unspecified atom stereocenters. The third kappa shape index (κ3) is 8.61. The maximum Gasteiger partial charge on any atom is 0.192 e. The fraction of sp³-hybridized carbons (Fsp3) is 0.750. The fourth-order valence-electron chi connectivity index (χ4n) is 3.77. The van der Waals surface area contributed by atoms with E-state index in [0.29, 0.717) is 13.2 Å². The molecule has 0 aliphatic heterocycles. The first kappa shape index (κ1) is 30.0. The number of carbonyl (C=O) groups is 1. The lowest BCUT2D eigenvalue weighted by atomic mass is 9.74. The van der Waals surface area contributed by atoms with Gasteiger partial charge in [0.05, 0.1) is 31.5 Å². The Hall–Kier alpha value is -1.01. The highest BCUT2D eigenvalue weighted by Gasteiger charge is 2.46. The van der Waals surface area contributed by atoms with Gasteiger partial charge in [-0.05, 0) is 44.5 Å². The summed E-state index contributed by atoms with van der Waals surface area (Å²) in [7, 11) is -2.09. The molecule has 1 rings (SSSR count). The smallest absolute Gasteiger partial charge is 0.192 e. The molecule has 4 atom stereocenters. The first-order valence-electron chi connectivity index (χ1n) is 12.5. The van der Waals surface area contributed by atoms with Gasteiger partial charge in [0.2, 0.25) is 0 Å². The van der Waals surface area contributed by atoms with Gasteiger partial charge in [-0.25, -0.2) is 0 Å². The lowest BCUT2D eigenvalue weighted by Crippen LogP contribution is -2.52. The van der Waals surface area contributed by atoms with Gasteiger partial charge in [0, 0.05) is 17.3 Å². The van der Waals surface area contributed by atoms with Crippen LogP contribution < -0.4 is 0 Å². The standard InChI is InChI=1S/C28H50O4Si/c1-20(2)31-23(5)28(9,10)26(29)22(4)25(32-33(11,12)27(6,7)8)21(3)18-30-19-24-16-14-13-15-17-24/h13-17,20-23,25H,18-19H2,1-12H3/t21-,22+,23?,25-/m0/s1. The van der Waals surface area contributed by atoms with Crippen LogP contribution >= 0.6 is 0 Å². The van der Waals surface area contributed by atoms with E-state index >= 15 is 0 Å². The van der Waals surface area contributed by atoms with Crippen molar-refractivity contribution in [3.05, 3.63) is 35.9 Å². The summed E-state index contributed by atoms with van der Waals surface area (Å²) in [6, 6.07) is 10.2. The highest BCUT2D eigenvalue weighted by molar-refractivity contribution is 6.74. The lowest BCUT2D eigenvalue weighted by Gasteiger charge is -2.44. The van der Waals surface area contributed by atoms with Crippen LogP contribution in [0.15, 0.2) is 30.3 Å². The zero-order valence-electron chi connectivity index (χ0n) is 23.3. The Bertz CT molecular complexity index is 721. The van der Waals surface area contributed by atoms with E-state index in [1.165, 1.54) is 0 Å². The molecule has 0 radical (unpaired) electrons. The molecule has 1 aromatic rings. The number of hydrogen-bond donors (Lipinski definition) is 0. The number of benzene rings is 1. The summed E-state index contributed by atoms with van der Waals surface area (Å²) in [5.74, 6) is 0.0100. The third-order valence-electron chi connectivity index (χ3n) is 7.32. The van der Waals surface area contributed by atoms with Crippen molar-refractivity contribution in [3.63, 3.8) is 0 Å². The Kier molecular flexibility index (Phi) is 11.0. The zero-order chi connectivity index (χ0) is 25.6. The average molecular weight is 479 g/mol. The van der Waals surface area contributed by atoms with E-state index in [1.807, 2.05) is 59.7 Å². The van der Waals surface area contributed by atoms with Gasteiger partial charge < -0.3 is 13.9 Å². The van der Waals surface area contributed by atoms with Crippen molar-refractivity contribution >= 4 is 14.1 Å². The van der Waals surface area contributed by atoms with Crippen molar-refractivity contribution in [2.75, 3.05) is 6.61 Å². The van der Waals surface area contributed by atoms with Crippen LogP contribution in [0.1, 0.15) is 74.8 Å². The maximum absolute atomic E-state index is 13.8. The number of hydrogen-bond acceptors (Lipinski definition) is 4. The molecule has 5 heteroatoms. The predicted octanol–water partition coefficient (Wildman–Crippen LogP) is 7.27. The van der Waals surface area contributed by atoms with Crippen LogP contribution in [-0.2, 0) is 25.3 Å². The summed E-state index contributed by atoms with van der Waals surface area (Å²) in [5.41, 5.74) is 0.542. The van der Waals surface area contributed by atoms with Crippen molar-refractivity contribution in [3.8, 4) is 0 Å². The van der Waals surface area contributed by atoms with Gasteiger partial charge in [-0.15, -0.1) is 0 Å². The van der Waals surface area contributed by atoms with E-state index < -0.39 is 13.7 Å². The molecule has 0 aliphatic rings. The molecule has 1 aromatic carbocycles. The molecule has 0 bridgehead atoms. The second-order valence-electron chi connectivity index (χ2n) is 12.0. The number of rotatable bonds is 13. The molecule has 0 saturated heterocycles. The first-order valence-corrected chi connectivity index (χ1v) is 15.4. The second-order valence-corrected chi connectivity index (χ2v) is 16.8. The predicted molar refractivity (Wildman–Crippen MR) is 141 cm³/mol. The molecule has 0 N–H and O–H groups in total. The number of Topliss-reactive ketones (excluding diaryl/α,β-unsaturated/α-hetero) is 1. The van der Waals surface area contributed by atoms with Gasteiger partial charge in [-0.3, -0.25) is 4.79 Å². The molecule has 0 fully saturated rings. The van der Waals surface area contributed by atoms with Crippen molar-refractivity contribution < 1.29 is 18.7 Å². The highest BCUT2D eigenvalue weighted by Crippen LogP contribution is 2.40. The molecular weight excluding hydrogens is 428 g/mol. The molecule has 0 amide bonds. The highest BCUT2D eigenvalue weighted by atomic mass is 28.4. The number of carbonyl (C=O) groups excluding carboxylic acids is 1. The molecule has 4 nitrogen and oxygen atoms in total. The van der Waals surface area contributed by atoms with Gasteiger partial charge in [0.1, 0.15) is 5.78 Å². The number of ketones is 1. The Balaban J connectivity index is 3.08. The fourth-order valence-corrected chi connectivity index (χ4v) is 5.24. The molecule has 0 saturated carbocycles. The van der Waals surface area contributed by atoms with E-state index in [0.717, 1.165) is 5.56 Å². The van der Waals surface area contributed by atoms with Gasteiger partial charge in [-0.2, -0.15) is 0 Å². The van der Waals surface area contributed by atoms with Gasteiger partial charge in [0.25, 0.3) is 0 Å². The molecule has 0 spiro atoms. The summed E-state index contributed by atoms with van der Waals surface area (Å²) in [4.78, 5) is 13.8. The number of ether oxygens (including phenoxy) is 2. The monoisotopic (exact) mass is 478 g/mol. The molecule has 33 heavy (non-hydrogen) atoms. The van der Waals surface area contributed by atoms with Gasteiger partial charge in [-0.1, -0.05) is 78.8 Å². The lowest BCUT2D eigenvalue weighted by molar-refractivity contribution is -0.145.